The third-order valence-electron chi connectivity index (χ3n) is 10.9. The van der Waals surface area contributed by atoms with E-state index in [1.54, 1.807) is 0 Å². The molecule has 0 fully saturated rings. The number of nitrogens with zero attached hydrogens (tertiary/aromatic N) is 1. The van der Waals surface area contributed by atoms with Crippen LogP contribution in [0.5, 0.6) is 0 Å². The summed E-state index contributed by atoms with van der Waals surface area (Å²) in [6.45, 7) is 6.89. The first-order valence-corrected chi connectivity index (χ1v) is 18.1. The van der Waals surface area contributed by atoms with Crippen molar-refractivity contribution in [1.82, 2.24) is 0 Å². The summed E-state index contributed by atoms with van der Waals surface area (Å²) in [5, 5.41) is 3.94. The van der Waals surface area contributed by atoms with E-state index in [1.807, 2.05) is 0 Å². The van der Waals surface area contributed by atoms with Crippen LogP contribution in [0.3, 0.4) is 0 Å². The summed E-state index contributed by atoms with van der Waals surface area (Å²) < 4.78 is 2.55. The minimum Gasteiger partial charge on any atom is -0.189 e. The Morgan fingerprint density at radius 3 is 1.98 bits per heavy atom. The molecule has 1 aliphatic rings. The van der Waals surface area contributed by atoms with Crippen LogP contribution in [0.4, 0.5) is 0 Å². The maximum Gasteiger partial charge on any atom is 0.221 e. The molecule has 0 N–H and O–H groups in total. The number of rotatable bonds is 9. The number of allylic oxidation sites excluding steroid dienone is 1. The van der Waals surface area contributed by atoms with Gasteiger partial charge in [0.1, 0.15) is 0 Å². The molecular formula is C48H44N+. The second kappa shape index (κ2) is 13.0. The highest BCUT2D eigenvalue weighted by Gasteiger charge is 2.37. The van der Waals surface area contributed by atoms with E-state index in [-0.39, 0.29) is 5.54 Å². The highest BCUT2D eigenvalue weighted by molar-refractivity contribution is 6.13. The predicted molar refractivity (Wildman–Crippen MR) is 210 cm³/mol. The zero-order chi connectivity index (χ0) is 33.4. The van der Waals surface area contributed by atoms with E-state index in [2.05, 4.69) is 177 Å². The van der Waals surface area contributed by atoms with Gasteiger partial charge in [0.05, 0.1) is 5.39 Å². The molecule has 0 aliphatic carbocycles. The molecule has 1 nitrogen and oxygen atoms in total. The van der Waals surface area contributed by atoms with Crippen LogP contribution in [0.2, 0.25) is 0 Å². The SMILES string of the molecule is CCCCc1cccc(-c2cc(-c3ccccc3)cc(-c3cccc(-c4ccc5c6c4ccc4ccc[n+](c46)C(CC)(CC)C=C5)c3)c2)c1. The van der Waals surface area contributed by atoms with Crippen molar-refractivity contribution in [2.24, 2.45) is 0 Å². The lowest BCUT2D eigenvalue weighted by Gasteiger charge is -2.23. The molecule has 7 aromatic rings. The molecule has 1 heteroatoms. The molecule has 8 rings (SSSR count). The van der Waals surface area contributed by atoms with Crippen LogP contribution in [0.25, 0.3) is 72.3 Å². The summed E-state index contributed by atoms with van der Waals surface area (Å²) in [6, 6.07) is 50.0. The minimum absolute atomic E-state index is 0.0378. The van der Waals surface area contributed by atoms with Gasteiger partial charge in [-0.15, -0.1) is 0 Å². The zero-order valence-electron chi connectivity index (χ0n) is 28.9. The van der Waals surface area contributed by atoms with E-state index in [1.165, 1.54) is 90.2 Å². The predicted octanol–water partition coefficient (Wildman–Crippen LogP) is 12.8. The lowest BCUT2D eigenvalue weighted by atomic mass is 9.90. The number of unbranched alkanes of at least 4 members (excludes halogenated alkanes) is 1. The van der Waals surface area contributed by atoms with Gasteiger partial charge in [-0.1, -0.05) is 124 Å². The van der Waals surface area contributed by atoms with Gasteiger partial charge in [-0.3, -0.25) is 0 Å². The molecule has 1 aromatic heterocycles. The van der Waals surface area contributed by atoms with E-state index >= 15 is 0 Å². The molecule has 0 bridgehead atoms. The molecule has 0 spiro atoms. The molecule has 0 amide bonds. The molecule has 240 valence electrons. The van der Waals surface area contributed by atoms with Gasteiger partial charge in [0.15, 0.2) is 11.7 Å². The smallest absolute Gasteiger partial charge is 0.189 e. The fraction of sp³-hybridized carbons (Fsp3) is 0.188. The number of aryl methyl sites for hydroxylation is 1. The van der Waals surface area contributed by atoms with E-state index < -0.39 is 0 Å². The van der Waals surface area contributed by atoms with Gasteiger partial charge in [-0.25, -0.2) is 0 Å². The standard InChI is InChI=1S/C48H44N/c1-4-7-14-34-15-11-18-38(29-34)42-31-41(35-16-9-8-10-17-35)32-43(33-42)39-19-12-20-40(30-39)44-24-22-36-26-27-48(5-2,6-3)49-28-13-21-37-23-25-45(44)46(36)47(37)49/h8-13,15-33H,4-7,14H2,1-3H3/q+1. The topological polar surface area (TPSA) is 3.88 Å². The monoisotopic (exact) mass is 634 g/mol. The number of benzene rings is 6. The van der Waals surface area contributed by atoms with Gasteiger partial charge >= 0.3 is 0 Å². The fourth-order valence-electron chi connectivity index (χ4n) is 8.00. The molecule has 0 saturated carbocycles. The molecule has 49 heavy (non-hydrogen) atoms. The van der Waals surface area contributed by atoms with Crippen molar-refractivity contribution >= 4 is 27.8 Å². The van der Waals surface area contributed by atoms with Crippen molar-refractivity contribution in [1.29, 1.82) is 0 Å². The van der Waals surface area contributed by atoms with Gasteiger partial charge in [0.2, 0.25) is 5.52 Å². The maximum absolute atomic E-state index is 2.55. The van der Waals surface area contributed by atoms with Crippen molar-refractivity contribution in [3.8, 4) is 44.5 Å². The zero-order valence-corrected chi connectivity index (χ0v) is 28.9. The van der Waals surface area contributed by atoms with Crippen molar-refractivity contribution in [2.75, 3.05) is 0 Å². The summed E-state index contributed by atoms with van der Waals surface area (Å²) in [7, 11) is 0. The lowest BCUT2D eigenvalue weighted by Crippen LogP contribution is -2.54. The van der Waals surface area contributed by atoms with Crippen LogP contribution in [0, 0.1) is 0 Å². The van der Waals surface area contributed by atoms with Crippen molar-refractivity contribution < 1.29 is 4.57 Å². The third kappa shape index (κ3) is 5.58. The normalized spacial score (nSPS) is 13.3. The summed E-state index contributed by atoms with van der Waals surface area (Å²) in [4.78, 5) is 0. The van der Waals surface area contributed by atoms with Crippen LogP contribution in [-0.4, -0.2) is 0 Å². The minimum atomic E-state index is -0.0378. The van der Waals surface area contributed by atoms with Crippen LogP contribution in [0.15, 0.2) is 146 Å². The molecule has 2 heterocycles. The molecule has 6 aromatic carbocycles. The van der Waals surface area contributed by atoms with Crippen LogP contribution >= 0.6 is 0 Å². The Bertz CT molecular complexity index is 2340. The van der Waals surface area contributed by atoms with E-state index in [4.69, 9.17) is 0 Å². The maximum atomic E-state index is 2.55. The summed E-state index contributed by atoms with van der Waals surface area (Å²) in [5.74, 6) is 0. The largest absolute Gasteiger partial charge is 0.221 e. The average molecular weight is 635 g/mol. The molecule has 1 aliphatic heterocycles. The fourth-order valence-corrected chi connectivity index (χ4v) is 8.00. The second-order valence-electron chi connectivity index (χ2n) is 13.7. The Kier molecular flexibility index (Phi) is 8.22. The van der Waals surface area contributed by atoms with Crippen LogP contribution < -0.4 is 4.57 Å². The highest BCUT2D eigenvalue weighted by Crippen LogP contribution is 2.40. The van der Waals surface area contributed by atoms with E-state index in [0.717, 1.165) is 19.3 Å². The van der Waals surface area contributed by atoms with Crippen molar-refractivity contribution in [3.05, 3.63) is 157 Å². The van der Waals surface area contributed by atoms with Crippen LogP contribution in [-0.2, 0) is 12.0 Å². The third-order valence-corrected chi connectivity index (χ3v) is 10.9. The van der Waals surface area contributed by atoms with Crippen molar-refractivity contribution in [3.63, 3.8) is 0 Å². The van der Waals surface area contributed by atoms with E-state index in [9.17, 15) is 0 Å². The van der Waals surface area contributed by atoms with Gasteiger partial charge in [-0.2, -0.15) is 4.57 Å². The second-order valence-corrected chi connectivity index (χ2v) is 13.7. The molecule has 0 saturated heterocycles. The number of pyridine rings is 1. The Hall–Kier alpha value is -5.27. The van der Waals surface area contributed by atoms with Crippen molar-refractivity contribution in [2.45, 2.75) is 58.4 Å². The number of hydrogen-bond acceptors (Lipinski definition) is 0. The summed E-state index contributed by atoms with van der Waals surface area (Å²) >= 11 is 0. The Balaban J connectivity index is 1.29. The Labute approximate surface area is 291 Å². The Morgan fingerprint density at radius 1 is 0.551 bits per heavy atom. The van der Waals surface area contributed by atoms with Gasteiger partial charge in [0.25, 0.3) is 0 Å². The molecule has 0 atom stereocenters. The van der Waals surface area contributed by atoms with Crippen LogP contribution in [0.1, 0.15) is 57.6 Å². The van der Waals surface area contributed by atoms with Gasteiger partial charge in [0, 0.05) is 24.3 Å². The first kappa shape index (κ1) is 31.0. The average Bonchev–Trinajstić information content (AvgIpc) is 3.32. The number of hydrogen-bond donors (Lipinski definition) is 0. The lowest BCUT2D eigenvalue weighted by molar-refractivity contribution is -0.729. The first-order chi connectivity index (χ1) is 24.1. The molecule has 0 radical (unpaired) electrons. The Morgan fingerprint density at radius 2 is 1.22 bits per heavy atom. The number of aromatic nitrogens is 1. The van der Waals surface area contributed by atoms with E-state index in [0.29, 0.717) is 0 Å². The molecular weight excluding hydrogens is 591 g/mol. The molecule has 0 unspecified atom stereocenters. The first-order valence-electron chi connectivity index (χ1n) is 18.1. The quantitative estimate of drug-likeness (QED) is 0.110. The van der Waals surface area contributed by atoms with Gasteiger partial charge in [-0.05, 0) is 116 Å². The highest BCUT2D eigenvalue weighted by atomic mass is 15.0. The summed E-state index contributed by atoms with van der Waals surface area (Å²) in [6.07, 6.45) is 12.7. The van der Waals surface area contributed by atoms with Gasteiger partial charge < -0.3 is 0 Å². The summed E-state index contributed by atoms with van der Waals surface area (Å²) in [5.41, 5.74) is 14.0.